The lowest BCUT2D eigenvalue weighted by Gasteiger charge is -2.49. The van der Waals surface area contributed by atoms with Gasteiger partial charge in [0.05, 0.1) is 6.54 Å². The van der Waals surface area contributed by atoms with E-state index in [0.29, 0.717) is 11.6 Å². The SMILES string of the molecule is CCc1cnc(CN2CC3(CCCCC3)NCC2CC)s1. The molecule has 1 aromatic heterocycles. The number of nitrogens with one attached hydrogen (secondary N) is 1. The van der Waals surface area contributed by atoms with Gasteiger partial charge in [0.15, 0.2) is 0 Å². The van der Waals surface area contributed by atoms with Crippen molar-refractivity contribution in [1.29, 1.82) is 0 Å². The largest absolute Gasteiger partial charge is 0.308 e. The van der Waals surface area contributed by atoms with Gasteiger partial charge in [0.1, 0.15) is 5.01 Å². The highest BCUT2D eigenvalue weighted by Gasteiger charge is 2.39. The second-order valence-corrected chi connectivity index (χ2v) is 7.96. The first kappa shape index (κ1) is 15.4. The number of hydrogen-bond donors (Lipinski definition) is 1. The van der Waals surface area contributed by atoms with Gasteiger partial charge in [-0.25, -0.2) is 4.98 Å². The Labute approximate surface area is 133 Å². The molecule has 1 N–H and O–H groups in total. The maximum Gasteiger partial charge on any atom is 0.107 e. The quantitative estimate of drug-likeness (QED) is 0.921. The van der Waals surface area contributed by atoms with E-state index in [-0.39, 0.29) is 0 Å². The molecule has 2 aliphatic rings. The molecule has 21 heavy (non-hydrogen) atoms. The minimum Gasteiger partial charge on any atom is -0.308 e. The van der Waals surface area contributed by atoms with Gasteiger partial charge in [0.2, 0.25) is 0 Å². The molecule has 1 unspecified atom stereocenters. The van der Waals surface area contributed by atoms with Crippen LogP contribution in [0, 0.1) is 0 Å². The number of aryl methyl sites for hydroxylation is 1. The third-order valence-electron chi connectivity index (χ3n) is 5.31. The van der Waals surface area contributed by atoms with Crippen LogP contribution in [0.3, 0.4) is 0 Å². The highest BCUT2D eigenvalue weighted by molar-refractivity contribution is 7.11. The molecule has 1 aliphatic carbocycles. The van der Waals surface area contributed by atoms with Crippen LogP contribution in [-0.4, -0.2) is 34.6 Å². The summed E-state index contributed by atoms with van der Waals surface area (Å²) in [5, 5.41) is 5.21. The third kappa shape index (κ3) is 3.49. The lowest BCUT2D eigenvalue weighted by Crippen LogP contribution is -2.64. The molecule has 2 fully saturated rings. The molecule has 0 aromatic carbocycles. The second-order valence-electron chi connectivity index (χ2n) is 6.76. The zero-order valence-electron chi connectivity index (χ0n) is 13.5. The van der Waals surface area contributed by atoms with Crippen LogP contribution in [0.25, 0.3) is 0 Å². The Morgan fingerprint density at radius 3 is 2.81 bits per heavy atom. The normalized spacial score (nSPS) is 26.3. The summed E-state index contributed by atoms with van der Waals surface area (Å²) in [5.74, 6) is 0. The summed E-state index contributed by atoms with van der Waals surface area (Å²) >= 11 is 1.90. The smallest absolute Gasteiger partial charge is 0.107 e. The van der Waals surface area contributed by atoms with Gasteiger partial charge in [-0.1, -0.05) is 33.1 Å². The molecule has 118 valence electrons. The molecule has 1 spiro atoms. The van der Waals surface area contributed by atoms with Crippen LogP contribution in [0.15, 0.2) is 6.20 Å². The fourth-order valence-corrected chi connectivity index (χ4v) is 4.83. The van der Waals surface area contributed by atoms with E-state index >= 15 is 0 Å². The minimum atomic E-state index is 0.398. The van der Waals surface area contributed by atoms with Crippen LogP contribution in [0.1, 0.15) is 62.3 Å². The third-order valence-corrected chi connectivity index (χ3v) is 6.43. The molecule has 0 radical (unpaired) electrons. The fourth-order valence-electron chi connectivity index (χ4n) is 3.95. The van der Waals surface area contributed by atoms with Gasteiger partial charge in [0, 0.05) is 35.7 Å². The Morgan fingerprint density at radius 2 is 2.14 bits per heavy atom. The van der Waals surface area contributed by atoms with Crippen molar-refractivity contribution in [2.75, 3.05) is 13.1 Å². The van der Waals surface area contributed by atoms with Gasteiger partial charge < -0.3 is 5.32 Å². The van der Waals surface area contributed by atoms with Crippen LogP contribution in [0.5, 0.6) is 0 Å². The molecule has 1 atom stereocenters. The average molecular weight is 308 g/mol. The molecule has 0 amide bonds. The van der Waals surface area contributed by atoms with Crippen molar-refractivity contribution >= 4 is 11.3 Å². The van der Waals surface area contributed by atoms with Crippen molar-refractivity contribution in [2.45, 2.75) is 76.9 Å². The van der Waals surface area contributed by atoms with E-state index in [9.17, 15) is 0 Å². The van der Waals surface area contributed by atoms with Crippen LogP contribution < -0.4 is 5.32 Å². The van der Waals surface area contributed by atoms with Crippen molar-refractivity contribution in [3.05, 3.63) is 16.1 Å². The summed E-state index contributed by atoms with van der Waals surface area (Å²) in [4.78, 5) is 8.77. The van der Waals surface area contributed by atoms with Crippen molar-refractivity contribution in [3.8, 4) is 0 Å². The van der Waals surface area contributed by atoms with Gasteiger partial charge in [-0.2, -0.15) is 0 Å². The molecular weight excluding hydrogens is 278 g/mol. The van der Waals surface area contributed by atoms with Gasteiger partial charge in [-0.3, -0.25) is 4.90 Å². The predicted octanol–water partition coefficient (Wildman–Crippen LogP) is 3.59. The van der Waals surface area contributed by atoms with E-state index in [4.69, 9.17) is 0 Å². The number of hydrogen-bond acceptors (Lipinski definition) is 4. The molecule has 1 saturated carbocycles. The van der Waals surface area contributed by atoms with Crippen molar-refractivity contribution in [1.82, 2.24) is 15.2 Å². The molecule has 1 aromatic rings. The summed E-state index contributed by atoms with van der Waals surface area (Å²) in [6.07, 6.45) is 11.3. The minimum absolute atomic E-state index is 0.398. The number of aromatic nitrogens is 1. The van der Waals surface area contributed by atoms with E-state index in [1.807, 2.05) is 11.3 Å². The van der Waals surface area contributed by atoms with Crippen LogP contribution in [0.4, 0.5) is 0 Å². The number of rotatable bonds is 4. The monoisotopic (exact) mass is 307 g/mol. The Kier molecular flexibility index (Phi) is 4.97. The van der Waals surface area contributed by atoms with Gasteiger partial charge >= 0.3 is 0 Å². The number of nitrogens with zero attached hydrogens (tertiary/aromatic N) is 2. The second kappa shape index (κ2) is 6.76. The van der Waals surface area contributed by atoms with E-state index in [1.165, 1.54) is 55.0 Å². The highest BCUT2D eigenvalue weighted by Crippen LogP contribution is 2.33. The van der Waals surface area contributed by atoms with Crippen molar-refractivity contribution in [2.24, 2.45) is 0 Å². The highest BCUT2D eigenvalue weighted by atomic mass is 32.1. The van der Waals surface area contributed by atoms with Crippen molar-refractivity contribution < 1.29 is 0 Å². The predicted molar refractivity (Wildman–Crippen MR) is 89.8 cm³/mol. The molecular formula is C17H29N3S. The number of thiazole rings is 1. The van der Waals surface area contributed by atoms with Crippen LogP contribution >= 0.6 is 11.3 Å². The fraction of sp³-hybridized carbons (Fsp3) is 0.824. The van der Waals surface area contributed by atoms with Gasteiger partial charge in [0.25, 0.3) is 0 Å². The topological polar surface area (TPSA) is 28.2 Å². The molecule has 3 rings (SSSR count). The Bertz CT molecular complexity index is 451. The average Bonchev–Trinajstić information content (AvgIpc) is 2.96. The van der Waals surface area contributed by atoms with Crippen LogP contribution in [0.2, 0.25) is 0 Å². The van der Waals surface area contributed by atoms with E-state index in [2.05, 4.69) is 35.2 Å². The van der Waals surface area contributed by atoms with Gasteiger partial charge in [-0.05, 0) is 25.7 Å². The van der Waals surface area contributed by atoms with E-state index < -0.39 is 0 Å². The lowest BCUT2D eigenvalue weighted by atomic mass is 9.79. The molecule has 4 heteroatoms. The summed E-state index contributed by atoms with van der Waals surface area (Å²) in [7, 11) is 0. The lowest BCUT2D eigenvalue weighted by molar-refractivity contribution is 0.0484. The molecule has 3 nitrogen and oxygen atoms in total. The molecule has 1 saturated heterocycles. The molecule has 1 aliphatic heterocycles. The first-order valence-electron chi connectivity index (χ1n) is 8.67. The maximum absolute atomic E-state index is 4.64. The summed E-state index contributed by atoms with van der Waals surface area (Å²) in [6.45, 7) is 7.95. The zero-order valence-corrected chi connectivity index (χ0v) is 14.3. The Balaban J connectivity index is 1.70. The summed E-state index contributed by atoms with van der Waals surface area (Å²) in [6, 6.07) is 0.673. The van der Waals surface area contributed by atoms with Crippen LogP contribution in [-0.2, 0) is 13.0 Å². The number of piperazine rings is 1. The molecule has 2 heterocycles. The first-order chi connectivity index (χ1) is 10.2. The van der Waals surface area contributed by atoms with Crippen molar-refractivity contribution in [3.63, 3.8) is 0 Å². The van der Waals surface area contributed by atoms with E-state index in [1.54, 1.807) is 0 Å². The molecule has 0 bridgehead atoms. The maximum atomic E-state index is 4.64. The summed E-state index contributed by atoms with van der Waals surface area (Å²) in [5.41, 5.74) is 0.398. The first-order valence-corrected chi connectivity index (χ1v) is 9.49. The van der Waals surface area contributed by atoms with E-state index in [0.717, 1.165) is 19.5 Å². The summed E-state index contributed by atoms with van der Waals surface area (Å²) < 4.78 is 0. The standard InChI is InChI=1S/C17H29N3S/c1-3-14-10-19-17(8-6-5-7-9-17)13-20(14)12-16-18-11-15(4-2)21-16/h11,14,19H,3-10,12-13H2,1-2H3. The Hall–Kier alpha value is -0.450. The Morgan fingerprint density at radius 1 is 1.33 bits per heavy atom. The zero-order chi connectivity index (χ0) is 14.7. The van der Waals surface area contributed by atoms with Gasteiger partial charge in [-0.15, -0.1) is 11.3 Å².